The molecule has 3 rings (SSSR count). The lowest BCUT2D eigenvalue weighted by Crippen LogP contribution is -2.35. The Morgan fingerprint density at radius 2 is 1.78 bits per heavy atom. The van der Waals surface area contributed by atoms with E-state index in [1.54, 1.807) is 4.90 Å². The third-order valence-corrected chi connectivity index (χ3v) is 3.93. The molecule has 0 N–H and O–H groups in total. The van der Waals surface area contributed by atoms with Crippen molar-refractivity contribution < 1.29 is 22.4 Å². The molecule has 0 atom stereocenters. The molecule has 0 radical (unpaired) electrons. The first kappa shape index (κ1) is 15.6. The van der Waals surface area contributed by atoms with E-state index >= 15 is 0 Å². The van der Waals surface area contributed by atoms with E-state index in [2.05, 4.69) is 0 Å². The van der Waals surface area contributed by atoms with Gasteiger partial charge in [0.2, 0.25) is 0 Å². The van der Waals surface area contributed by atoms with E-state index < -0.39 is 11.7 Å². The summed E-state index contributed by atoms with van der Waals surface area (Å²) >= 11 is 0. The molecule has 2 aromatic rings. The molecule has 1 aromatic carbocycles. The zero-order chi connectivity index (χ0) is 16.4. The van der Waals surface area contributed by atoms with E-state index in [0.717, 1.165) is 31.4 Å². The Bertz CT molecular complexity index is 700. The summed E-state index contributed by atoms with van der Waals surface area (Å²) in [5, 5.41) is 0. The molecule has 0 unspecified atom stereocenters. The van der Waals surface area contributed by atoms with Crippen molar-refractivity contribution in [1.29, 1.82) is 0 Å². The molecule has 1 saturated heterocycles. The van der Waals surface area contributed by atoms with Crippen molar-refractivity contribution in [3.8, 4) is 11.3 Å². The van der Waals surface area contributed by atoms with Gasteiger partial charge in [0, 0.05) is 18.7 Å². The third kappa shape index (κ3) is 3.41. The zero-order valence-corrected chi connectivity index (χ0v) is 12.4. The van der Waals surface area contributed by atoms with Crippen LogP contribution in [0.1, 0.15) is 35.4 Å². The summed E-state index contributed by atoms with van der Waals surface area (Å²) < 4.78 is 43.8. The van der Waals surface area contributed by atoms with Crippen molar-refractivity contribution in [2.24, 2.45) is 0 Å². The number of likely N-dealkylation sites (tertiary alicyclic amines) is 1. The number of rotatable bonds is 2. The predicted molar refractivity (Wildman–Crippen MR) is 78.9 cm³/mol. The second kappa shape index (κ2) is 6.10. The molecule has 1 fully saturated rings. The van der Waals surface area contributed by atoms with Crippen LogP contribution in [0, 0.1) is 0 Å². The van der Waals surface area contributed by atoms with Gasteiger partial charge in [-0.3, -0.25) is 4.79 Å². The van der Waals surface area contributed by atoms with Crippen molar-refractivity contribution in [2.75, 3.05) is 13.1 Å². The fraction of sp³-hybridized carbons (Fsp3) is 0.353. The van der Waals surface area contributed by atoms with Crippen LogP contribution >= 0.6 is 0 Å². The molecular formula is C17H16F3NO2. The number of carbonyl (C=O) groups excluding carboxylic acids is 1. The summed E-state index contributed by atoms with van der Waals surface area (Å²) in [6.07, 6.45) is -1.37. The molecule has 1 aliphatic rings. The Labute approximate surface area is 131 Å². The Balaban J connectivity index is 1.83. The van der Waals surface area contributed by atoms with Crippen LogP contribution in [0.3, 0.4) is 0 Å². The number of hydrogen-bond donors (Lipinski definition) is 0. The quantitative estimate of drug-likeness (QED) is 0.810. The maximum Gasteiger partial charge on any atom is 0.416 e. The Hall–Kier alpha value is -2.24. The minimum absolute atomic E-state index is 0.166. The Morgan fingerprint density at radius 1 is 1.04 bits per heavy atom. The highest BCUT2D eigenvalue weighted by Gasteiger charge is 2.30. The smallest absolute Gasteiger partial charge is 0.416 e. The van der Waals surface area contributed by atoms with Crippen molar-refractivity contribution in [3.63, 3.8) is 0 Å². The number of alkyl halides is 3. The maximum absolute atomic E-state index is 12.8. The molecule has 1 amide bonds. The molecule has 1 aromatic heterocycles. The zero-order valence-electron chi connectivity index (χ0n) is 12.4. The highest BCUT2D eigenvalue weighted by atomic mass is 19.4. The van der Waals surface area contributed by atoms with Gasteiger partial charge >= 0.3 is 6.18 Å². The first-order chi connectivity index (χ1) is 10.9. The van der Waals surface area contributed by atoms with E-state index in [1.807, 2.05) is 0 Å². The summed E-state index contributed by atoms with van der Waals surface area (Å²) in [5.74, 6) is 0.221. The van der Waals surface area contributed by atoms with Crippen LogP contribution in [0.25, 0.3) is 11.3 Å². The molecule has 0 bridgehead atoms. The van der Waals surface area contributed by atoms with Crippen LogP contribution in [0.2, 0.25) is 0 Å². The molecule has 23 heavy (non-hydrogen) atoms. The van der Waals surface area contributed by atoms with E-state index in [0.29, 0.717) is 18.7 Å². The summed E-state index contributed by atoms with van der Waals surface area (Å²) in [7, 11) is 0. The van der Waals surface area contributed by atoms with Crippen LogP contribution in [-0.2, 0) is 6.18 Å². The number of furan rings is 1. The number of amides is 1. The fourth-order valence-corrected chi connectivity index (χ4v) is 2.71. The number of benzene rings is 1. The third-order valence-electron chi connectivity index (χ3n) is 3.93. The number of nitrogens with zero attached hydrogens (tertiary/aromatic N) is 1. The second-order valence-electron chi connectivity index (χ2n) is 5.60. The molecule has 122 valence electrons. The highest BCUT2D eigenvalue weighted by molar-refractivity contribution is 5.92. The van der Waals surface area contributed by atoms with Crippen molar-refractivity contribution in [1.82, 2.24) is 4.90 Å². The van der Waals surface area contributed by atoms with Gasteiger partial charge in [0.05, 0.1) is 5.56 Å². The molecule has 3 nitrogen and oxygen atoms in total. The SMILES string of the molecule is O=C(c1ccc(-c2cccc(C(F)(F)F)c2)o1)N1CCCCC1. The normalized spacial score (nSPS) is 15.7. The summed E-state index contributed by atoms with van der Waals surface area (Å²) in [6.45, 7) is 1.39. The van der Waals surface area contributed by atoms with Crippen LogP contribution in [0.4, 0.5) is 13.2 Å². The highest BCUT2D eigenvalue weighted by Crippen LogP contribution is 2.32. The molecule has 0 aliphatic carbocycles. The van der Waals surface area contributed by atoms with Gasteiger partial charge in [-0.15, -0.1) is 0 Å². The molecule has 0 spiro atoms. The Kier molecular flexibility index (Phi) is 4.15. The lowest BCUT2D eigenvalue weighted by molar-refractivity contribution is -0.137. The molecular weight excluding hydrogens is 307 g/mol. The molecule has 6 heteroatoms. The number of piperidine rings is 1. The van der Waals surface area contributed by atoms with E-state index in [1.165, 1.54) is 24.3 Å². The standard InChI is InChI=1S/C17H16F3NO2/c18-17(19,20)13-6-4-5-12(11-13)14-7-8-15(23-14)16(22)21-9-2-1-3-10-21/h4-8,11H,1-3,9-10H2. The first-order valence-electron chi connectivity index (χ1n) is 7.52. The lowest BCUT2D eigenvalue weighted by Gasteiger charge is -2.25. The van der Waals surface area contributed by atoms with E-state index in [4.69, 9.17) is 4.42 Å². The van der Waals surface area contributed by atoms with Gasteiger partial charge in [0.15, 0.2) is 5.76 Å². The molecule has 2 heterocycles. The van der Waals surface area contributed by atoms with Gasteiger partial charge in [0.1, 0.15) is 5.76 Å². The van der Waals surface area contributed by atoms with Crippen LogP contribution in [0.5, 0.6) is 0 Å². The number of halogens is 3. The fourth-order valence-electron chi connectivity index (χ4n) is 2.71. The van der Waals surface area contributed by atoms with Crippen LogP contribution in [-0.4, -0.2) is 23.9 Å². The van der Waals surface area contributed by atoms with Crippen molar-refractivity contribution in [3.05, 3.63) is 47.7 Å². The monoisotopic (exact) mass is 323 g/mol. The van der Waals surface area contributed by atoms with Gasteiger partial charge in [0.25, 0.3) is 5.91 Å². The maximum atomic E-state index is 12.8. The Morgan fingerprint density at radius 3 is 2.48 bits per heavy atom. The predicted octanol–water partition coefficient (Wildman–Crippen LogP) is 4.59. The van der Waals surface area contributed by atoms with Gasteiger partial charge in [-0.2, -0.15) is 13.2 Å². The topological polar surface area (TPSA) is 33.5 Å². The average molecular weight is 323 g/mol. The summed E-state index contributed by atoms with van der Waals surface area (Å²) in [5.41, 5.74) is -0.437. The molecule has 0 saturated carbocycles. The average Bonchev–Trinajstić information content (AvgIpc) is 3.04. The van der Waals surface area contributed by atoms with Crippen LogP contribution in [0.15, 0.2) is 40.8 Å². The minimum atomic E-state index is -4.41. The van der Waals surface area contributed by atoms with E-state index in [9.17, 15) is 18.0 Å². The van der Waals surface area contributed by atoms with Gasteiger partial charge < -0.3 is 9.32 Å². The second-order valence-corrected chi connectivity index (χ2v) is 5.60. The lowest BCUT2D eigenvalue weighted by atomic mass is 10.1. The molecule has 1 aliphatic heterocycles. The van der Waals surface area contributed by atoms with Crippen molar-refractivity contribution in [2.45, 2.75) is 25.4 Å². The first-order valence-corrected chi connectivity index (χ1v) is 7.52. The van der Waals surface area contributed by atoms with Gasteiger partial charge in [-0.1, -0.05) is 12.1 Å². The van der Waals surface area contributed by atoms with Crippen LogP contribution < -0.4 is 0 Å². The number of hydrogen-bond acceptors (Lipinski definition) is 2. The van der Waals surface area contributed by atoms with Gasteiger partial charge in [-0.25, -0.2) is 0 Å². The largest absolute Gasteiger partial charge is 0.451 e. The van der Waals surface area contributed by atoms with Crippen molar-refractivity contribution >= 4 is 5.91 Å². The summed E-state index contributed by atoms with van der Waals surface area (Å²) in [6, 6.07) is 7.94. The number of carbonyl (C=O) groups is 1. The van der Waals surface area contributed by atoms with Gasteiger partial charge in [-0.05, 0) is 43.5 Å². The summed E-state index contributed by atoms with van der Waals surface area (Å²) in [4.78, 5) is 14.0. The van der Waals surface area contributed by atoms with E-state index in [-0.39, 0.29) is 17.4 Å². The minimum Gasteiger partial charge on any atom is -0.451 e.